The minimum absolute atomic E-state index is 0.0607. The van der Waals surface area contributed by atoms with Crippen LogP contribution in [0.4, 0.5) is 0 Å². The molecule has 0 aliphatic rings. The Hall–Kier alpha value is -1.44. The number of rotatable bonds is 5. The highest BCUT2D eigenvalue weighted by atomic mass is 32.2. The first-order chi connectivity index (χ1) is 8.99. The lowest BCUT2D eigenvalue weighted by Gasteiger charge is -2.05. The summed E-state index contributed by atoms with van der Waals surface area (Å²) < 4.78 is 26.6. The quantitative estimate of drug-likeness (QED) is 0.872. The smallest absolute Gasteiger partial charge is 0.305 e. The largest absolute Gasteiger partial charge is 0.315 e. The van der Waals surface area contributed by atoms with Crippen molar-refractivity contribution in [1.82, 2.24) is 9.71 Å². The SMILES string of the molecule is Cc1[nH]c(=O)sc1S(=O)(=O)NCCc1ccccc1. The third-order valence-electron chi connectivity index (χ3n) is 2.57. The molecule has 2 aromatic rings. The summed E-state index contributed by atoms with van der Waals surface area (Å²) in [6.45, 7) is 1.88. The highest BCUT2D eigenvalue weighted by Crippen LogP contribution is 2.15. The molecule has 0 saturated carbocycles. The van der Waals surface area contributed by atoms with Crippen LogP contribution in [0.25, 0.3) is 0 Å². The van der Waals surface area contributed by atoms with E-state index in [4.69, 9.17) is 0 Å². The second kappa shape index (κ2) is 5.68. The second-order valence-electron chi connectivity index (χ2n) is 4.06. The summed E-state index contributed by atoms with van der Waals surface area (Å²) in [5.74, 6) is 0. The topological polar surface area (TPSA) is 79.0 Å². The Bertz CT molecular complexity index is 702. The first-order valence-electron chi connectivity index (χ1n) is 5.72. The zero-order valence-corrected chi connectivity index (χ0v) is 12.0. The Balaban J connectivity index is 2.03. The second-order valence-corrected chi connectivity index (χ2v) is 7.01. The first kappa shape index (κ1) is 14.0. The predicted octanol–water partition coefficient (Wildman–Crippen LogP) is 1.27. The number of nitrogens with one attached hydrogen (secondary N) is 2. The zero-order chi connectivity index (χ0) is 13.9. The van der Waals surface area contributed by atoms with E-state index in [0.717, 1.165) is 5.56 Å². The maximum absolute atomic E-state index is 12.0. The fraction of sp³-hybridized carbons (Fsp3) is 0.250. The lowest BCUT2D eigenvalue weighted by atomic mass is 10.2. The predicted molar refractivity (Wildman–Crippen MR) is 75.0 cm³/mol. The molecule has 0 aliphatic heterocycles. The summed E-state index contributed by atoms with van der Waals surface area (Å²) in [6, 6.07) is 9.61. The van der Waals surface area contributed by atoms with Crippen molar-refractivity contribution in [1.29, 1.82) is 0 Å². The average molecular weight is 298 g/mol. The number of hydrogen-bond donors (Lipinski definition) is 2. The van der Waals surface area contributed by atoms with Crippen LogP contribution in [-0.4, -0.2) is 19.9 Å². The van der Waals surface area contributed by atoms with Crippen molar-refractivity contribution in [3.05, 3.63) is 51.3 Å². The molecule has 0 spiro atoms. The van der Waals surface area contributed by atoms with Crippen LogP contribution in [-0.2, 0) is 16.4 Å². The van der Waals surface area contributed by atoms with Gasteiger partial charge >= 0.3 is 4.87 Å². The number of hydrogen-bond acceptors (Lipinski definition) is 4. The van der Waals surface area contributed by atoms with E-state index in [-0.39, 0.29) is 9.08 Å². The highest BCUT2D eigenvalue weighted by Gasteiger charge is 2.19. The molecule has 0 aliphatic carbocycles. The third kappa shape index (κ3) is 3.52. The highest BCUT2D eigenvalue weighted by molar-refractivity contribution is 7.91. The molecule has 0 amide bonds. The van der Waals surface area contributed by atoms with Crippen LogP contribution in [0.1, 0.15) is 11.3 Å². The van der Waals surface area contributed by atoms with Crippen LogP contribution in [0.5, 0.6) is 0 Å². The third-order valence-corrected chi connectivity index (χ3v) is 5.64. The van der Waals surface area contributed by atoms with Gasteiger partial charge in [-0.3, -0.25) is 4.79 Å². The van der Waals surface area contributed by atoms with E-state index in [2.05, 4.69) is 9.71 Å². The molecule has 5 nitrogen and oxygen atoms in total. The van der Waals surface area contributed by atoms with Crippen LogP contribution in [0.15, 0.2) is 39.3 Å². The van der Waals surface area contributed by atoms with Crippen LogP contribution in [0.2, 0.25) is 0 Å². The van der Waals surface area contributed by atoms with Gasteiger partial charge in [0.25, 0.3) is 10.0 Å². The molecule has 2 rings (SSSR count). The van der Waals surface area contributed by atoms with Crippen molar-refractivity contribution in [3.8, 4) is 0 Å². The molecule has 0 fully saturated rings. The summed E-state index contributed by atoms with van der Waals surface area (Å²) in [5.41, 5.74) is 1.44. The number of aromatic nitrogens is 1. The molecule has 0 atom stereocenters. The van der Waals surface area contributed by atoms with Gasteiger partial charge in [-0.25, -0.2) is 13.1 Å². The lowest BCUT2D eigenvalue weighted by molar-refractivity contribution is 0.583. The molecule has 7 heteroatoms. The molecular weight excluding hydrogens is 284 g/mol. The van der Waals surface area contributed by atoms with Gasteiger partial charge in [-0.15, -0.1) is 0 Å². The number of sulfonamides is 1. The van der Waals surface area contributed by atoms with Gasteiger partial charge in [0.15, 0.2) is 4.21 Å². The number of benzene rings is 1. The van der Waals surface area contributed by atoms with E-state index < -0.39 is 10.0 Å². The van der Waals surface area contributed by atoms with Crippen LogP contribution in [0, 0.1) is 6.92 Å². The minimum Gasteiger partial charge on any atom is -0.315 e. The summed E-state index contributed by atoms with van der Waals surface area (Å²) in [7, 11) is -3.60. The minimum atomic E-state index is -3.60. The van der Waals surface area contributed by atoms with Crippen molar-refractivity contribution in [2.75, 3.05) is 6.54 Å². The molecule has 102 valence electrons. The molecular formula is C12H14N2O3S2. The number of H-pyrrole nitrogens is 1. The summed E-state index contributed by atoms with van der Waals surface area (Å²) >= 11 is 0.706. The maximum Gasteiger partial charge on any atom is 0.305 e. The molecule has 19 heavy (non-hydrogen) atoms. The van der Waals surface area contributed by atoms with Crippen LogP contribution in [0.3, 0.4) is 0 Å². The van der Waals surface area contributed by atoms with Gasteiger partial charge in [-0.2, -0.15) is 0 Å². The van der Waals surface area contributed by atoms with E-state index in [1.54, 1.807) is 6.92 Å². The molecule has 0 saturated heterocycles. The van der Waals surface area contributed by atoms with Gasteiger partial charge in [0.2, 0.25) is 0 Å². The van der Waals surface area contributed by atoms with Gasteiger partial charge in [-0.05, 0) is 18.9 Å². The molecule has 0 unspecified atom stereocenters. The molecule has 1 aromatic heterocycles. The Morgan fingerprint density at radius 1 is 1.26 bits per heavy atom. The number of aryl methyl sites for hydroxylation is 1. The number of thiazole rings is 1. The average Bonchev–Trinajstić information content (AvgIpc) is 2.70. The van der Waals surface area contributed by atoms with Gasteiger partial charge < -0.3 is 4.98 Å². The van der Waals surface area contributed by atoms with Gasteiger partial charge in [0.1, 0.15) is 0 Å². The summed E-state index contributed by atoms with van der Waals surface area (Å²) in [5, 5.41) is 0. The Morgan fingerprint density at radius 3 is 2.53 bits per heavy atom. The molecule has 0 bridgehead atoms. The van der Waals surface area contributed by atoms with Crippen molar-refractivity contribution < 1.29 is 8.42 Å². The zero-order valence-electron chi connectivity index (χ0n) is 10.3. The van der Waals surface area contributed by atoms with E-state index in [1.807, 2.05) is 30.3 Å². The van der Waals surface area contributed by atoms with E-state index in [9.17, 15) is 13.2 Å². The first-order valence-corrected chi connectivity index (χ1v) is 8.02. The van der Waals surface area contributed by atoms with Crippen LogP contribution >= 0.6 is 11.3 Å². The van der Waals surface area contributed by atoms with E-state index >= 15 is 0 Å². The van der Waals surface area contributed by atoms with Gasteiger partial charge in [0, 0.05) is 12.2 Å². The van der Waals surface area contributed by atoms with Crippen LogP contribution < -0.4 is 9.60 Å². The molecule has 0 radical (unpaired) electrons. The van der Waals surface area contributed by atoms with Crippen molar-refractivity contribution in [2.24, 2.45) is 0 Å². The normalized spacial score (nSPS) is 11.6. The summed E-state index contributed by atoms with van der Waals surface area (Å²) in [4.78, 5) is 13.2. The molecule has 2 N–H and O–H groups in total. The lowest BCUT2D eigenvalue weighted by Crippen LogP contribution is -2.25. The van der Waals surface area contributed by atoms with Crippen molar-refractivity contribution >= 4 is 21.4 Å². The monoisotopic (exact) mass is 298 g/mol. The molecule has 1 heterocycles. The Morgan fingerprint density at radius 2 is 1.95 bits per heavy atom. The fourth-order valence-electron chi connectivity index (χ4n) is 1.69. The Kier molecular flexibility index (Phi) is 4.18. The number of aromatic amines is 1. The standard InChI is InChI=1S/C12H14N2O3S2/c1-9-11(18-12(15)14-9)19(16,17)13-8-7-10-5-3-2-4-6-10/h2-6,13H,7-8H2,1H3,(H,14,15). The summed E-state index contributed by atoms with van der Waals surface area (Å²) in [6.07, 6.45) is 0.610. The van der Waals surface area contributed by atoms with Crippen molar-refractivity contribution in [2.45, 2.75) is 17.6 Å². The van der Waals surface area contributed by atoms with Gasteiger partial charge in [-0.1, -0.05) is 41.7 Å². The van der Waals surface area contributed by atoms with Crippen molar-refractivity contribution in [3.63, 3.8) is 0 Å². The fourth-order valence-corrected chi connectivity index (χ4v) is 4.06. The Labute approximate surface area is 115 Å². The maximum atomic E-state index is 12.0. The van der Waals surface area contributed by atoms with E-state index in [0.29, 0.717) is 30.0 Å². The molecule has 1 aromatic carbocycles. The van der Waals surface area contributed by atoms with E-state index in [1.165, 1.54) is 0 Å². The van der Waals surface area contributed by atoms with Gasteiger partial charge in [0.05, 0.1) is 0 Å².